The highest BCUT2D eigenvalue weighted by atomic mass is 32.3. The molecule has 6 rings (SSSR count). The van der Waals surface area contributed by atoms with Crippen LogP contribution in [0.5, 0.6) is 0 Å². The lowest BCUT2D eigenvalue weighted by Gasteiger charge is -2.42. The molecule has 37 heavy (non-hydrogen) atoms. The second-order valence-electron chi connectivity index (χ2n) is 9.02. The van der Waals surface area contributed by atoms with E-state index in [9.17, 15) is 0 Å². The van der Waals surface area contributed by atoms with Crippen molar-refractivity contribution in [2.45, 2.75) is 19.6 Å². The van der Waals surface area contributed by atoms with Crippen molar-refractivity contribution in [2.24, 2.45) is 0 Å². The second kappa shape index (κ2) is 10.3. The Labute approximate surface area is 221 Å². The van der Waals surface area contributed by atoms with Gasteiger partial charge < -0.3 is 0 Å². The average molecular weight is 493 g/mol. The average Bonchev–Trinajstić information content (AvgIpc) is 3.00. The minimum Gasteiger partial charge on any atom is -0.133 e. The standard InChI is InChI=1S/C36H28S/c1-5-13-29(14-6-1)31-21-25-35(26-22-31)37(33-17-9-3-10-18-33,34-19-11-4-12-20-34)36-27-23-32(24-28-36)30-15-7-2-8-16-30/h1-28H. The summed E-state index contributed by atoms with van der Waals surface area (Å²) in [5.41, 5.74) is 4.94. The molecule has 0 nitrogen and oxygen atoms in total. The molecule has 178 valence electrons. The molecule has 0 spiro atoms. The molecule has 0 heterocycles. The van der Waals surface area contributed by atoms with Crippen molar-refractivity contribution in [1.29, 1.82) is 0 Å². The van der Waals surface area contributed by atoms with Crippen LogP contribution in [0.25, 0.3) is 22.3 Å². The molecule has 0 unspecified atom stereocenters. The first-order chi connectivity index (χ1) is 18.4. The van der Waals surface area contributed by atoms with Gasteiger partial charge in [0.1, 0.15) is 0 Å². The molecule has 6 aromatic carbocycles. The number of hydrogen-bond donors (Lipinski definition) is 0. The third-order valence-electron chi connectivity index (χ3n) is 6.82. The topological polar surface area (TPSA) is 0 Å². The van der Waals surface area contributed by atoms with Crippen LogP contribution in [-0.4, -0.2) is 0 Å². The van der Waals surface area contributed by atoms with Gasteiger partial charge in [-0.1, -0.05) is 121 Å². The van der Waals surface area contributed by atoms with Gasteiger partial charge in [0.2, 0.25) is 0 Å². The zero-order valence-corrected chi connectivity index (χ0v) is 21.4. The highest BCUT2D eigenvalue weighted by Gasteiger charge is 2.33. The summed E-state index contributed by atoms with van der Waals surface area (Å²) in [6, 6.07) is 61.7. The van der Waals surface area contributed by atoms with Crippen LogP contribution in [0, 0.1) is 0 Å². The van der Waals surface area contributed by atoms with Crippen molar-refractivity contribution < 1.29 is 0 Å². The second-order valence-corrected chi connectivity index (χ2v) is 12.1. The van der Waals surface area contributed by atoms with E-state index in [1.807, 2.05) is 0 Å². The fourth-order valence-corrected chi connectivity index (χ4v) is 8.88. The Morgan fingerprint density at radius 2 is 0.459 bits per heavy atom. The summed E-state index contributed by atoms with van der Waals surface area (Å²) in [6.07, 6.45) is 0. The molecule has 0 fully saturated rings. The third-order valence-corrected chi connectivity index (χ3v) is 10.7. The Bertz CT molecular complexity index is 1430. The van der Waals surface area contributed by atoms with E-state index < -0.39 is 10.0 Å². The molecule has 0 N–H and O–H groups in total. The van der Waals surface area contributed by atoms with Crippen molar-refractivity contribution >= 4 is 10.0 Å². The van der Waals surface area contributed by atoms with Crippen LogP contribution in [-0.2, 0) is 0 Å². The molecule has 0 atom stereocenters. The van der Waals surface area contributed by atoms with Crippen molar-refractivity contribution in [2.75, 3.05) is 0 Å². The molecule has 0 aliphatic carbocycles. The smallest absolute Gasteiger partial charge is 0.00233 e. The van der Waals surface area contributed by atoms with E-state index >= 15 is 0 Å². The van der Waals surface area contributed by atoms with Gasteiger partial charge in [-0.3, -0.25) is 0 Å². The molecule has 0 radical (unpaired) electrons. The Balaban J connectivity index is 1.57. The molecule has 6 aromatic rings. The maximum atomic E-state index is 2.34. The first-order valence-corrected chi connectivity index (χ1v) is 14.2. The summed E-state index contributed by atoms with van der Waals surface area (Å²) in [6.45, 7) is 0. The fraction of sp³-hybridized carbons (Fsp3) is 0. The van der Waals surface area contributed by atoms with Crippen molar-refractivity contribution in [3.8, 4) is 22.3 Å². The largest absolute Gasteiger partial charge is 0.133 e. The van der Waals surface area contributed by atoms with Crippen LogP contribution in [0.3, 0.4) is 0 Å². The normalized spacial score (nSPS) is 11.7. The number of rotatable bonds is 6. The molecule has 0 bridgehead atoms. The molecule has 0 aliphatic rings. The summed E-state index contributed by atoms with van der Waals surface area (Å²) in [4.78, 5) is 5.33. The summed E-state index contributed by atoms with van der Waals surface area (Å²) in [7, 11) is -1.71. The molecular formula is C36H28S. The summed E-state index contributed by atoms with van der Waals surface area (Å²) < 4.78 is 0. The van der Waals surface area contributed by atoms with Crippen LogP contribution in [0.15, 0.2) is 189 Å². The van der Waals surface area contributed by atoms with E-state index in [1.165, 1.54) is 41.8 Å². The first kappa shape index (κ1) is 23.1. The Hall–Kier alpha value is -4.33. The number of benzene rings is 6. The van der Waals surface area contributed by atoms with Crippen molar-refractivity contribution in [3.63, 3.8) is 0 Å². The molecular weight excluding hydrogens is 464 g/mol. The lowest BCUT2D eigenvalue weighted by atomic mass is 10.1. The van der Waals surface area contributed by atoms with Gasteiger partial charge in [0, 0.05) is 19.6 Å². The molecule has 0 aromatic heterocycles. The lowest BCUT2D eigenvalue weighted by molar-refractivity contribution is 1.24. The monoisotopic (exact) mass is 492 g/mol. The predicted octanol–water partition coefficient (Wildman–Crippen LogP) is 10.4. The minimum atomic E-state index is -1.71. The van der Waals surface area contributed by atoms with Gasteiger partial charge in [-0.2, -0.15) is 0 Å². The zero-order chi connectivity index (χ0) is 24.9. The van der Waals surface area contributed by atoms with E-state index in [1.54, 1.807) is 0 Å². The molecule has 0 saturated heterocycles. The Morgan fingerprint density at radius 3 is 0.784 bits per heavy atom. The third kappa shape index (κ3) is 4.39. The maximum Gasteiger partial charge on any atom is 0.00233 e. The van der Waals surface area contributed by atoms with Crippen LogP contribution < -0.4 is 0 Å². The zero-order valence-electron chi connectivity index (χ0n) is 20.6. The van der Waals surface area contributed by atoms with Gasteiger partial charge in [-0.15, -0.1) is 10.0 Å². The van der Waals surface area contributed by atoms with E-state index in [4.69, 9.17) is 0 Å². The van der Waals surface area contributed by atoms with E-state index in [0.29, 0.717) is 0 Å². The summed E-state index contributed by atoms with van der Waals surface area (Å²) >= 11 is 0. The predicted molar refractivity (Wildman–Crippen MR) is 157 cm³/mol. The minimum absolute atomic E-state index is 1.23. The van der Waals surface area contributed by atoms with Crippen molar-refractivity contribution in [3.05, 3.63) is 170 Å². The quantitative estimate of drug-likeness (QED) is 0.217. The van der Waals surface area contributed by atoms with Gasteiger partial charge in [0.25, 0.3) is 0 Å². The molecule has 0 aliphatic heterocycles. The Kier molecular flexibility index (Phi) is 6.45. The summed E-state index contributed by atoms with van der Waals surface area (Å²) in [5.74, 6) is 0. The highest BCUT2D eigenvalue weighted by molar-refractivity contribution is 8.34. The maximum absolute atomic E-state index is 2.34. The molecule has 1 heteroatoms. The van der Waals surface area contributed by atoms with Crippen LogP contribution in [0.2, 0.25) is 0 Å². The van der Waals surface area contributed by atoms with Gasteiger partial charge >= 0.3 is 0 Å². The van der Waals surface area contributed by atoms with Crippen LogP contribution in [0.4, 0.5) is 0 Å². The first-order valence-electron chi connectivity index (χ1n) is 12.6. The van der Waals surface area contributed by atoms with Gasteiger partial charge in [0.15, 0.2) is 0 Å². The Morgan fingerprint density at radius 1 is 0.216 bits per heavy atom. The molecule has 0 saturated carbocycles. The molecule has 0 amide bonds. The SMILES string of the molecule is c1ccc(-c2ccc(S(c3ccccc3)(c3ccccc3)c3ccc(-c4ccccc4)cc3)cc2)cc1. The lowest BCUT2D eigenvalue weighted by Crippen LogP contribution is -2.05. The van der Waals surface area contributed by atoms with Crippen LogP contribution >= 0.6 is 10.0 Å². The van der Waals surface area contributed by atoms with E-state index in [2.05, 4.69) is 170 Å². The number of hydrogen-bond acceptors (Lipinski definition) is 0. The van der Waals surface area contributed by atoms with Gasteiger partial charge in [0.05, 0.1) is 0 Å². The van der Waals surface area contributed by atoms with Gasteiger partial charge in [-0.05, 0) is 70.8 Å². The van der Waals surface area contributed by atoms with E-state index in [0.717, 1.165) is 0 Å². The van der Waals surface area contributed by atoms with E-state index in [-0.39, 0.29) is 0 Å². The summed E-state index contributed by atoms with van der Waals surface area (Å²) in [5, 5.41) is 0. The highest BCUT2D eigenvalue weighted by Crippen LogP contribution is 2.73. The van der Waals surface area contributed by atoms with Gasteiger partial charge in [-0.25, -0.2) is 0 Å². The van der Waals surface area contributed by atoms with Crippen molar-refractivity contribution in [1.82, 2.24) is 0 Å². The van der Waals surface area contributed by atoms with Crippen LogP contribution in [0.1, 0.15) is 0 Å². The fourth-order valence-electron chi connectivity index (χ4n) is 5.03.